The van der Waals surface area contributed by atoms with E-state index in [-0.39, 0.29) is 24.4 Å². The molecule has 1 aromatic carbocycles. The molecule has 0 spiro atoms. The first-order valence-electron chi connectivity index (χ1n) is 8.06. The van der Waals surface area contributed by atoms with Crippen molar-refractivity contribution in [3.8, 4) is 0 Å². The second-order valence-corrected chi connectivity index (χ2v) is 12.1. The average Bonchev–Trinajstić information content (AvgIpc) is 2.74. The lowest BCUT2D eigenvalue weighted by molar-refractivity contribution is 0.0192. The van der Waals surface area contributed by atoms with E-state index in [1.54, 1.807) is 0 Å². The molecular formula is C17H27IO3Si. The third-order valence-electron chi connectivity index (χ3n) is 4.76. The highest BCUT2D eigenvalue weighted by molar-refractivity contribution is 14.1. The molecule has 1 aliphatic heterocycles. The van der Waals surface area contributed by atoms with Gasteiger partial charge in [-0.2, -0.15) is 0 Å². The molecule has 0 saturated carbocycles. The van der Waals surface area contributed by atoms with Crippen LogP contribution in [0, 0.1) is 9.49 Å². The van der Waals surface area contributed by atoms with Crippen molar-refractivity contribution in [3.05, 3.63) is 33.4 Å². The highest BCUT2D eigenvalue weighted by Crippen LogP contribution is 2.45. The molecule has 3 nitrogen and oxygen atoms in total. The van der Waals surface area contributed by atoms with Gasteiger partial charge in [0, 0.05) is 15.7 Å². The topological polar surface area (TPSA) is 49.7 Å². The minimum absolute atomic E-state index is 0.00777. The molecule has 1 saturated heterocycles. The molecule has 1 aromatic rings. The molecule has 0 bridgehead atoms. The van der Waals surface area contributed by atoms with Gasteiger partial charge in [-0.3, -0.25) is 0 Å². The lowest BCUT2D eigenvalue weighted by Gasteiger charge is -2.30. The fourth-order valence-electron chi connectivity index (χ4n) is 3.77. The molecule has 1 heterocycles. The first-order valence-corrected chi connectivity index (χ1v) is 12.2. The van der Waals surface area contributed by atoms with Crippen molar-refractivity contribution >= 4 is 30.9 Å². The van der Waals surface area contributed by atoms with Gasteiger partial charge in [0.1, 0.15) is 0 Å². The largest absolute Gasteiger partial charge is 0.432 e. The zero-order chi connectivity index (χ0) is 16.3. The van der Waals surface area contributed by atoms with Crippen LogP contribution in [0.4, 0.5) is 0 Å². The molecule has 0 amide bonds. The first kappa shape index (κ1) is 18.4. The van der Waals surface area contributed by atoms with Crippen LogP contribution < -0.4 is 0 Å². The van der Waals surface area contributed by atoms with Gasteiger partial charge in [-0.25, -0.2) is 0 Å². The molecule has 1 fully saturated rings. The molecular weight excluding hydrogens is 407 g/mol. The molecule has 4 atom stereocenters. The predicted octanol–water partition coefficient (Wildman–Crippen LogP) is 3.58. The van der Waals surface area contributed by atoms with Crippen molar-refractivity contribution in [2.24, 2.45) is 5.92 Å². The SMILES string of the molecule is C[C@@H]1[C@@H]([Si](C)(C)O)[C@H](CCO)O[C@@H]1CCc1ccc(I)cc1. The van der Waals surface area contributed by atoms with Gasteiger partial charge in [0.25, 0.3) is 0 Å². The van der Waals surface area contributed by atoms with Gasteiger partial charge < -0.3 is 14.6 Å². The first-order chi connectivity index (χ1) is 10.3. The number of benzene rings is 1. The number of aryl methyl sites for hydroxylation is 1. The van der Waals surface area contributed by atoms with E-state index in [4.69, 9.17) is 4.74 Å². The minimum Gasteiger partial charge on any atom is -0.432 e. The Labute approximate surface area is 148 Å². The molecule has 22 heavy (non-hydrogen) atoms. The van der Waals surface area contributed by atoms with Crippen LogP contribution in [0.5, 0.6) is 0 Å². The van der Waals surface area contributed by atoms with Crippen molar-refractivity contribution < 1.29 is 14.6 Å². The van der Waals surface area contributed by atoms with E-state index < -0.39 is 8.32 Å². The molecule has 5 heteroatoms. The van der Waals surface area contributed by atoms with Crippen LogP contribution in [-0.2, 0) is 11.2 Å². The quantitative estimate of drug-likeness (QED) is 0.532. The summed E-state index contributed by atoms with van der Waals surface area (Å²) in [5.41, 5.74) is 1.54. The Morgan fingerprint density at radius 1 is 1.14 bits per heavy atom. The maximum absolute atomic E-state index is 10.6. The van der Waals surface area contributed by atoms with Crippen LogP contribution in [0.1, 0.15) is 25.3 Å². The maximum Gasteiger partial charge on any atom is 0.188 e. The third-order valence-corrected chi connectivity index (χ3v) is 8.01. The van der Waals surface area contributed by atoms with Crippen molar-refractivity contribution in [2.75, 3.05) is 6.61 Å². The number of rotatable bonds is 6. The van der Waals surface area contributed by atoms with Crippen molar-refractivity contribution in [1.29, 1.82) is 0 Å². The molecule has 0 unspecified atom stereocenters. The number of aliphatic hydroxyl groups excluding tert-OH is 1. The van der Waals surface area contributed by atoms with Crippen LogP contribution in [-0.4, -0.2) is 37.0 Å². The number of ether oxygens (including phenoxy) is 1. The lowest BCUT2D eigenvalue weighted by atomic mass is 9.95. The van der Waals surface area contributed by atoms with Crippen LogP contribution in [0.25, 0.3) is 0 Å². The summed E-state index contributed by atoms with van der Waals surface area (Å²) >= 11 is 2.32. The Bertz CT molecular complexity index is 472. The number of halogens is 1. The van der Waals surface area contributed by atoms with Gasteiger partial charge in [-0.15, -0.1) is 0 Å². The monoisotopic (exact) mass is 434 g/mol. The summed E-state index contributed by atoms with van der Waals surface area (Å²) in [6.07, 6.45) is 2.79. The van der Waals surface area contributed by atoms with Crippen LogP contribution in [0.3, 0.4) is 0 Å². The number of aliphatic hydroxyl groups is 1. The fourth-order valence-corrected chi connectivity index (χ4v) is 6.78. The Hall–Kier alpha value is 0.0469. The normalized spacial score (nSPS) is 29.0. The standard InChI is InChI=1S/C17H27IO3Si/c1-12-15(9-6-13-4-7-14(18)8-5-13)21-16(10-11-19)17(12)22(2,3)20/h4-5,7-8,12,15-17,19-20H,6,9-11H2,1-3H3/t12-,15+,16-,17+/m0/s1. The Balaban J connectivity index is 2.00. The minimum atomic E-state index is -2.28. The van der Waals surface area contributed by atoms with Crippen molar-refractivity contribution in [2.45, 2.75) is 57.0 Å². The molecule has 124 valence electrons. The van der Waals surface area contributed by atoms with Crippen LogP contribution in [0.15, 0.2) is 24.3 Å². The van der Waals surface area contributed by atoms with Gasteiger partial charge in [-0.05, 0) is 78.6 Å². The van der Waals surface area contributed by atoms with E-state index >= 15 is 0 Å². The average molecular weight is 434 g/mol. The maximum atomic E-state index is 10.6. The summed E-state index contributed by atoms with van der Waals surface area (Å²) in [5, 5.41) is 9.27. The van der Waals surface area contributed by atoms with E-state index in [9.17, 15) is 9.90 Å². The Morgan fingerprint density at radius 2 is 1.77 bits per heavy atom. The Morgan fingerprint density at radius 3 is 2.32 bits per heavy atom. The van der Waals surface area contributed by atoms with Gasteiger partial charge in [0.2, 0.25) is 0 Å². The van der Waals surface area contributed by atoms with Gasteiger partial charge in [-0.1, -0.05) is 19.1 Å². The van der Waals surface area contributed by atoms with E-state index in [2.05, 4.69) is 53.8 Å². The predicted molar refractivity (Wildman–Crippen MR) is 100 cm³/mol. The summed E-state index contributed by atoms with van der Waals surface area (Å²) < 4.78 is 7.46. The third kappa shape index (κ3) is 4.53. The van der Waals surface area contributed by atoms with Crippen molar-refractivity contribution in [1.82, 2.24) is 0 Å². The second-order valence-electron chi connectivity index (χ2n) is 6.93. The molecule has 2 N–H and O–H groups in total. The molecule has 0 radical (unpaired) electrons. The van der Waals surface area contributed by atoms with E-state index in [0.29, 0.717) is 12.3 Å². The summed E-state index contributed by atoms with van der Waals surface area (Å²) in [7, 11) is -2.28. The van der Waals surface area contributed by atoms with Crippen LogP contribution >= 0.6 is 22.6 Å². The molecule has 1 aliphatic rings. The Kier molecular flexibility index (Phi) is 6.47. The number of hydrogen-bond donors (Lipinski definition) is 2. The summed E-state index contributed by atoms with van der Waals surface area (Å²) in [6, 6.07) is 8.62. The lowest BCUT2D eigenvalue weighted by Crippen LogP contribution is -2.40. The summed E-state index contributed by atoms with van der Waals surface area (Å²) in [4.78, 5) is 10.6. The van der Waals surface area contributed by atoms with E-state index in [1.165, 1.54) is 9.13 Å². The fraction of sp³-hybridized carbons (Fsp3) is 0.647. The number of hydrogen-bond acceptors (Lipinski definition) is 3. The molecule has 0 aromatic heterocycles. The highest BCUT2D eigenvalue weighted by atomic mass is 127. The van der Waals surface area contributed by atoms with Gasteiger partial charge in [0.15, 0.2) is 8.32 Å². The zero-order valence-corrected chi connectivity index (χ0v) is 16.8. The highest BCUT2D eigenvalue weighted by Gasteiger charge is 2.49. The van der Waals surface area contributed by atoms with Gasteiger partial charge in [0.05, 0.1) is 12.2 Å². The van der Waals surface area contributed by atoms with E-state index in [0.717, 1.165) is 12.8 Å². The smallest absolute Gasteiger partial charge is 0.188 e. The molecule has 0 aliphatic carbocycles. The summed E-state index contributed by atoms with van der Waals surface area (Å²) in [6.45, 7) is 6.31. The summed E-state index contributed by atoms with van der Waals surface area (Å²) in [5.74, 6) is 0.354. The molecule has 2 rings (SSSR count). The van der Waals surface area contributed by atoms with Crippen molar-refractivity contribution in [3.63, 3.8) is 0 Å². The van der Waals surface area contributed by atoms with Gasteiger partial charge >= 0.3 is 0 Å². The second kappa shape index (κ2) is 7.74. The van der Waals surface area contributed by atoms with E-state index in [1.807, 2.05) is 13.1 Å². The van der Waals surface area contributed by atoms with Crippen LogP contribution in [0.2, 0.25) is 18.6 Å². The zero-order valence-electron chi connectivity index (χ0n) is 13.6.